The van der Waals surface area contributed by atoms with E-state index in [9.17, 15) is 14.7 Å². The monoisotopic (exact) mass is 294 g/mol. The van der Waals surface area contributed by atoms with Crippen molar-refractivity contribution in [1.82, 2.24) is 5.32 Å². The minimum absolute atomic E-state index is 0.0688. The van der Waals surface area contributed by atoms with E-state index in [1.54, 1.807) is 45.2 Å². The number of hydrogen-bond donors (Lipinski definition) is 3. The highest BCUT2D eigenvalue weighted by molar-refractivity contribution is 5.84. The molecule has 1 aromatic rings. The molecule has 0 aliphatic heterocycles. The quantitative estimate of drug-likeness (QED) is 0.694. The van der Waals surface area contributed by atoms with E-state index in [1.807, 2.05) is 0 Å². The number of carboxylic acids is 1. The van der Waals surface area contributed by atoms with Gasteiger partial charge in [0.1, 0.15) is 11.8 Å². The van der Waals surface area contributed by atoms with Crippen molar-refractivity contribution in [3.63, 3.8) is 0 Å². The number of nitrogens with two attached hydrogens (primary N) is 1. The first kappa shape index (κ1) is 17.0. The molecule has 0 saturated heterocycles. The maximum absolute atomic E-state index is 11.8. The van der Waals surface area contributed by atoms with Crippen molar-refractivity contribution in [3.05, 3.63) is 29.8 Å². The predicted octanol–water partition coefficient (Wildman–Crippen LogP) is 0.935. The van der Waals surface area contributed by atoms with Gasteiger partial charge in [-0.3, -0.25) is 4.79 Å². The first-order valence-electron chi connectivity index (χ1n) is 6.65. The molecule has 0 aromatic heterocycles. The molecule has 1 aromatic carbocycles. The van der Waals surface area contributed by atoms with Crippen molar-refractivity contribution >= 4 is 11.9 Å². The zero-order valence-corrected chi connectivity index (χ0v) is 12.6. The third-order valence-electron chi connectivity index (χ3n) is 2.85. The Morgan fingerprint density at radius 3 is 2.33 bits per heavy atom. The van der Waals surface area contributed by atoms with E-state index in [2.05, 4.69) is 5.32 Å². The fourth-order valence-corrected chi connectivity index (χ4v) is 1.86. The molecule has 0 fully saturated rings. The molecule has 0 spiro atoms. The van der Waals surface area contributed by atoms with Crippen molar-refractivity contribution in [1.29, 1.82) is 0 Å². The van der Waals surface area contributed by atoms with Crippen LogP contribution in [0.3, 0.4) is 0 Å². The second-order valence-corrected chi connectivity index (χ2v) is 5.68. The van der Waals surface area contributed by atoms with Gasteiger partial charge in [0.25, 0.3) is 0 Å². The summed E-state index contributed by atoms with van der Waals surface area (Å²) in [7, 11) is 1.56. The van der Waals surface area contributed by atoms with Gasteiger partial charge in [0.2, 0.25) is 5.91 Å². The number of rotatable bonds is 7. The molecule has 0 aliphatic rings. The SMILES string of the molecule is COc1ccc(C[C@H](NC(=O)CC(C)(C)N)C(=O)O)cc1. The molecular weight excluding hydrogens is 272 g/mol. The van der Waals surface area contributed by atoms with Crippen LogP contribution in [0.5, 0.6) is 5.75 Å². The topological polar surface area (TPSA) is 102 Å². The fourth-order valence-electron chi connectivity index (χ4n) is 1.86. The summed E-state index contributed by atoms with van der Waals surface area (Å²) in [6.45, 7) is 3.43. The summed E-state index contributed by atoms with van der Waals surface area (Å²) in [6.07, 6.45) is 0.273. The van der Waals surface area contributed by atoms with E-state index in [4.69, 9.17) is 10.5 Å². The summed E-state index contributed by atoms with van der Waals surface area (Å²) >= 11 is 0. The Bertz CT molecular complexity index is 491. The van der Waals surface area contributed by atoms with Crippen LogP contribution in [0.1, 0.15) is 25.8 Å². The first-order chi connectivity index (χ1) is 9.71. The van der Waals surface area contributed by atoms with Crippen LogP contribution in [-0.2, 0) is 16.0 Å². The number of carbonyl (C=O) groups excluding carboxylic acids is 1. The number of amides is 1. The molecular formula is C15H22N2O4. The molecule has 4 N–H and O–H groups in total. The maximum atomic E-state index is 11.8. The zero-order valence-electron chi connectivity index (χ0n) is 12.6. The van der Waals surface area contributed by atoms with Gasteiger partial charge >= 0.3 is 5.97 Å². The average molecular weight is 294 g/mol. The van der Waals surface area contributed by atoms with E-state index in [0.717, 1.165) is 5.56 Å². The molecule has 0 heterocycles. The van der Waals surface area contributed by atoms with Gasteiger partial charge in [-0.2, -0.15) is 0 Å². The number of aliphatic carboxylic acids is 1. The van der Waals surface area contributed by atoms with Crippen molar-refractivity contribution in [3.8, 4) is 5.75 Å². The lowest BCUT2D eigenvalue weighted by Crippen LogP contribution is -2.46. The van der Waals surface area contributed by atoms with Gasteiger partial charge < -0.3 is 20.9 Å². The number of ether oxygens (including phenoxy) is 1. The van der Waals surface area contributed by atoms with Gasteiger partial charge in [0.05, 0.1) is 7.11 Å². The lowest BCUT2D eigenvalue weighted by molar-refractivity contribution is -0.141. The molecule has 6 nitrogen and oxygen atoms in total. The summed E-state index contributed by atoms with van der Waals surface area (Å²) in [5.41, 5.74) is 5.88. The Morgan fingerprint density at radius 2 is 1.90 bits per heavy atom. The smallest absolute Gasteiger partial charge is 0.326 e. The van der Waals surface area contributed by atoms with E-state index in [0.29, 0.717) is 5.75 Å². The molecule has 1 rings (SSSR count). The largest absolute Gasteiger partial charge is 0.497 e. The van der Waals surface area contributed by atoms with Crippen molar-refractivity contribution in [2.24, 2.45) is 5.73 Å². The normalized spacial score (nSPS) is 12.6. The highest BCUT2D eigenvalue weighted by Crippen LogP contribution is 2.13. The number of nitrogens with one attached hydrogen (secondary N) is 1. The maximum Gasteiger partial charge on any atom is 0.326 e. The second-order valence-electron chi connectivity index (χ2n) is 5.68. The standard InChI is InChI=1S/C15H22N2O4/c1-15(2,16)9-13(18)17-12(14(19)20)8-10-4-6-11(21-3)7-5-10/h4-7,12H,8-9,16H2,1-3H3,(H,17,18)(H,19,20)/t12-/m0/s1. The Labute approximate surface area is 124 Å². The summed E-state index contributed by atoms with van der Waals surface area (Å²) < 4.78 is 5.04. The lowest BCUT2D eigenvalue weighted by Gasteiger charge is -2.20. The Morgan fingerprint density at radius 1 is 1.33 bits per heavy atom. The van der Waals surface area contributed by atoms with Crippen LogP contribution in [0.15, 0.2) is 24.3 Å². The number of carbonyl (C=O) groups is 2. The molecule has 0 saturated carbocycles. The number of hydrogen-bond acceptors (Lipinski definition) is 4. The van der Waals surface area contributed by atoms with Crippen LogP contribution in [-0.4, -0.2) is 35.7 Å². The molecule has 0 unspecified atom stereocenters. The Kier molecular flexibility index (Phi) is 5.72. The minimum Gasteiger partial charge on any atom is -0.497 e. The Balaban J connectivity index is 2.69. The molecule has 116 valence electrons. The highest BCUT2D eigenvalue weighted by atomic mass is 16.5. The fraction of sp³-hybridized carbons (Fsp3) is 0.467. The molecule has 1 atom stereocenters. The van der Waals surface area contributed by atoms with Crippen molar-refractivity contribution < 1.29 is 19.4 Å². The van der Waals surface area contributed by atoms with Crippen LogP contribution in [0.25, 0.3) is 0 Å². The number of benzene rings is 1. The lowest BCUT2D eigenvalue weighted by atomic mass is 10.0. The molecule has 0 aliphatic carbocycles. The second kappa shape index (κ2) is 7.08. The summed E-state index contributed by atoms with van der Waals surface area (Å²) in [5, 5.41) is 11.7. The van der Waals surface area contributed by atoms with E-state index >= 15 is 0 Å². The van der Waals surface area contributed by atoms with Crippen LogP contribution in [0.2, 0.25) is 0 Å². The van der Waals surface area contributed by atoms with Crippen molar-refractivity contribution in [2.45, 2.75) is 38.3 Å². The first-order valence-corrected chi connectivity index (χ1v) is 6.65. The Hall–Kier alpha value is -2.08. The van der Waals surface area contributed by atoms with Gasteiger partial charge in [-0.05, 0) is 31.5 Å². The molecule has 0 bridgehead atoms. The van der Waals surface area contributed by atoms with Gasteiger partial charge in [0, 0.05) is 18.4 Å². The van der Waals surface area contributed by atoms with Gasteiger partial charge in [0.15, 0.2) is 0 Å². The average Bonchev–Trinajstić information content (AvgIpc) is 2.36. The number of methoxy groups -OCH3 is 1. The summed E-state index contributed by atoms with van der Waals surface area (Å²) in [5.74, 6) is -0.753. The highest BCUT2D eigenvalue weighted by Gasteiger charge is 2.23. The van der Waals surface area contributed by atoms with Crippen molar-refractivity contribution in [2.75, 3.05) is 7.11 Å². The van der Waals surface area contributed by atoms with Crippen LogP contribution in [0.4, 0.5) is 0 Å². The van der Waals surface area contributed by atoms with E-state index in [-0.39, 0.29) is 18.7 Å². The number of carboxylic acid groups (broad SMARTS) is 1. The third-order valence-corrected chi connectivity index (χ3v) is 2.85. The molecule has 0 radical (unpaired) electrons. The molecule has 21 heavy (non-hydrogen) atoms. The zero-order chi connectivity index (χ0) is 16.0. The molecule has 1 amide bonds. The molecule has 6 heteroatoms. The third kappa shape index (κ3) is 6.27. The predicted molar refractivity (Wildman–Crippen MR) is 79.1 cm³/mol. The van der Waals surface area contributed by atoms with Crippen LogP contribution in [0, 0.1) is 0 Å². The van der Waals surface area contributed by atoms with Crippen LogP contribution >= 0.6 is 0 Å². The van der Waals surface area contributed by atoms with Crippen LogP contribution < -0.4 is 15.8 Å². The summed E-state index contributed by atoms with van der Waals surface area (Å²) in [6, 6.07) is 6.06. The summed E-state index contributed by atoms with van der Waals surface area (Å²) in [4.78, 5) is 23.0. The van der Waals surface area contributed by atoms with E-state index < -0.39 is 17.6 Å². The van der Waals surface area contributed by atoms with E-state index in [1.165, 1.54) is 0 Å². The van der Waals surface area contributed by atoms with Gasteiger partial charge in [-0.15, -0.1) is 0 Å². The minimum atomic E-state index is -1.08. The van der Waals surface area contributed by atoms with Gasteiger partial charge in [-0.1, -0.05) is 12.1 Å². The van der Waals surface area contributed by atoms with Gasteiger partial charge in [-0.25, -0.2) is 4.79 Å².